The van der Waals surface area contributed by atoms with Crippen LogP contribution in [0, 0.1) is 10.1 Å². The molecule has 0 unspecified atom stereocenters. The fourth-order valence-electron chi connectivity index (χ4n) is 4.62. The van der Waals surface area contributed by atoms with E-state index in [9.17, 15) is 14.9 Å². The van der Waals surface area contributed by atoms with Crippen molar-refractivity contribution in [1.29, 1.82) is 0 Å². The zero-order valence-electron chi connectivity index (χ0n) is 23.1. The van der Waals surface area contributed by atoms with Crippen LogP contribution in [0.5, 0.6) is 0 Å². The fourth-order valence-corrected chi connectivity index (χ4v) is 4.82. The Bertz CT molecular complexity index is 1200. The molecule has 1 amide bonds. The molecular formula is C32H40ClN3O3. The third kappa shape index (κ3) is 9.39. The molecule has 0 aliphatic rings. The van der Waals surface area contributed by atoms with E-state index in [-0.39, 0.29) is 16.3 Å². The SMILES string of the molecule is CCCCCCCCN(CCCCC)c1ccc(-c2ccc(NC(=O)c3cc([N+](=O)[O-])ccc3Cl)cc2)cc1. The standard InChI is InChI=1S/C32H40ClN3O3/c1-3-5-7-8-9-11-23-35(22-10-6-4-2)28-18-14-26(15-19-28)25-12-16-27(17-13-25)34-32(37)30-24-29(36(38)39)20-21-31(30)33/h12-21,24H,3-11,22-23H2,1-2H3,(H,34,37). The Morgan fingerprint density at radius 3 is 1.95 bits per heavy atom. The molecule has 208 valence electrons. The van der Waals surface area contributed by atoms with Gasteiger partial charge in [0.2, 0.25) is 0 Å². The number of carbonyl (C=O) groups excluding carboxylic acids is 1. The number of hydrogen-bond acceptors (Lipinski definition) is 4. The molecule has 0 bridgehead atoms. The molecule has 0 spiro atoms. The highest BCUT2D eigenvalue weighted by Gasteiger charge is 2.16. The first-order valence-corrected chi connectivity index (χ1v) is 14.5. The number of nitro benzene ring substituents is 1. The van der Waals surface area contributed by atoms with Crippen LogP contribution >= 0.6 is 11.6 Å². The van der Waals surface area contributed by atoms with Crippen LogP contribution in [0.4, 0.5) is 17.1 Å². The van der Waals surface area contributed by atoms with E-state index in [2.05, 4.69) is 48.3 Å². The number of unbranched alkanes of at least 4 members (excludes halogenated alkanes) is 7. The quantitative estimate of drug-likeness (QED) is 0.110. The zero-order valence-corrected chi connectivity index (χ0v) is 23.9. The van der Waals surface area contributed by atoms with E-state index in [4.69, 9.17) is 11.6 Å². The number of nitro groups is 1. The average Bonchev–Trinajstić information content (AvgIpc) is 2.94. The molecule has 0 saturated carbocycles. The number of nitrogens with one attached hydrogen (secondary N) is 1. The van der Waals surface area contributed by atoms with Gasteiger partial charge >= 0.3 is 0 Å². The summed E-state index contributed by atoms with van der Waals surface area (Å²) in [5.74, 6) is -0.491. The Balaban J connectivity index is 1.63. The summed E-state index contributed by atoms with van der Waals surface area (Å²) in [4.78, 5) is 25.7. The Morgan fingerprint density at radius 2 is 1.33 bits per heavy atom. The Kier molecular flexibility index (Phi) is 12.3. The van der Waals surface area contributed by atoms with E-state index in [0.717, 1.165) is 24.2 Å². The van der Waals surface area contributed by atoms with Gasteiger partial charge in [-0.15, -0.1) is 0 Å². The van der Waals surface area contributed by atoms with Gasteiger partial charge in [-0.05, 0) is 54.3 Å². The Labute approximate surface area is 237 Å². The molecule has 1 N–H and O–H groups in total. The molecule has 0 aliphatic carbocycles. The maximum absolute atomic E-state index is 12.7. The lowest BCUT2D eigenvalue weighted by atomic mass is 10.0. The van der Waals surface area contributed by atoms with E-state index in [1.165, 1.54) is 81.7 Å². The molecule has 0 fully saturated rings. The minimum absolute atomic E-state index is 0.0648. The molecule has 39 heavy (non-hydrogen) atoms. The van der Waals surface area contributed by atoms with Crippen LogP contribution in [0.15, 0.2) is 66.7 Å². The van der Waals surface area contributed by atoms with Crippen molar-refractivity contribution in [3.05, 3.63) is 87.4 Å². The van der Waals surface area contributed by atoms with Crippen LogP contribution in [0.1, 0.15) is 82.0 Å². The molecule has 0 heterocycles. The van der Waals surface area contributed by atoms with E-state index < -0.39 is 10.8 Å². The number of carbonyl (C=O) groups is 1. The summed E-state index contributed by atoms with van der Waals surface area (Å²) in [7, 11) is 0. The minimum Gasteiger partial charge on any atom is -0.372 e. The first kappa shape index (κ1) is 30.2. The molecule has 0 radical (unpaired) electrons. The van der Waals surface area contributed by atoms with Crippen LogP contribution < -0.4 is 10.2 Å². The molecule has 3 rings (SSSR count). The largest absolute Gasteiger partial charge is 0.372 e. The fraction of sp³-hybridized carbons (Fsp3) is 0.406. The molecule has 0 aromatic heterocycles. The lowest BCUT2D eigenvalue weighted by Gasteiger charge is -2.25. The van der Waals surface area contributed by atoms with Crippen LogP contribution in [0.25, 0.3) is 11.1 Å². The first-order valence-electron chi connectivity index (χ1n) is 14.1. The number of non-ortho nitro benzene ring substituents is 1. The summed E-state index contributed by atoms with van der Waals surface area (Å²) < 4.78 is 0. The number of benzene rings is 3. The van der Waals surface area contributed by atoms with Gasteiger partial charge in [-0.25, -0.2) is 0 Å². The maximum atomic E-state index is 12.7. The third-order valence-electron chi connectivity index (χ3n) is 6.93. The highest BCUT2D eigenvalue weighted by Crippen LogP contribution is 2.27. The number of hydrogen-bond donors (Lipinski definition) is 1. The summed E-state index contributed by atoms with van der Waals surface area (Å²) in [5.41, 5.74) is 3.88. The second-order valence-corrected chi connectivity index (χ2v) is 10.4. The first-order chi connectivity index (χ1) is 18.9. The van der Waals surface area contributed by atoms with Gasteiger partial charge in [0.1, 0.15) is 0 Å². The van der Waals surface area contributed by atoms with Crippen LogP contribution in [-0.4, -0.2) is 23.9 Å². The summed E-state index contributed by atoms with van der Waals surface area (Å²) in [6.07, 6.45) is 11.5. The van der Waals surface area contributed by atoms with Gasteiger partial charge in [0.05, 0.1) is 15.5 Å². The highest BCUT2D eigenvalue weighted by atomic mass is 35.5. The van der Waals surface area contributed by atoms with Gasteiger partial charge in [-0.2, -0.15) is 0 Å². The van der Waals surface area contributed by atoms with Crippen LogP contribution in [-0.2, 0) is 0 Å². The van der Waals surface area contributed by atoms with Crippen molar-refractivity contribution >= 4 is 34.6 Å². The predicted molar refractivity (Wildman–Crippen MR) is 163 cm³/mol. The monoisotopic (exact) mass is 549 g/mol. The van der Waals surface area contributed by atoms with Gasteiger partial charge in [0, 0.05) is 36.6 Å². The predicted octanol–water partition coefficient (Wildman–Crippen LogP) is 9.52. The molecular weight excluding hydrogens is 510 g/mol. The molecule has 7 heteroatoms. The van der Waals surface area contributed by atoms with Gasteiger partial charge in [0.25, 0.3) is 11.6 Å². The summed E-state index contributed by atoms with van der Waals surface area (Å²) in [6.45, 7) is 6.68. The Hall–Kier alpha value is -3.38. The number of rotatable bonds is 16. The van der Waals surface area contributed by atoms with E-state index in [0.29, 0.717) is 5.69 Å². The maximum Gasteiger partial charge on any atom is 0.270 e. The molecule has 0 saturated heterocycles. The van der Waals surface area contributed by atoms with Gasteiger partial charge in [-0.3, -0.25) is 14.9 Å². The summed E-state index contributed by atoms with van der Waals surface area (Å²) in [5, 5.41) is 14.0. The second kappa shape index (κ2) is 15.9. The molecule has 3 aromatic carbocycles. The van der Waals surface area contributed by atoms with Crippen molar-refractivity contribution in [1.82, 2.24) is 0 Å². The lowest BCUT2D eigenvalue weighted by Crippen LogP contribution is -2.25. The lowest BCUT2D eigenvalue weighted by molar-refractivity contribution is -0.384. The Morgan fingerprint density at radius 1 is 0.795 bits per heavy atom. The molecule has 3 aromatic rings. The van der Waals surface area contributed by atoms with Crippen molar-refractivity contribution in [3.8, 4) is 11.1 Å². The molecule has 0 atom stereocenters. The topological polar surface area (TPSA) is 75.5 Å². The van der Waals surface area contributed by atoms with E-state index in [1.54, 1.807) is 0 Å². The smallest absolute Gasteiger partial charge is 0.270 e. The number of nitrogens with zero attached hydrogens (tertiary/aromatic N) is 2. The normalized spacial score (nSPS) is 10.8. The van der Waals surface area contributed by atoms with Crippen molar-refractivity contribution in [3.63, 3.8) is 0 Å². The summed E-state index contributed by atoms with van der Waals surface area (Å²) in [6, 6.07) is 20.1. The number of anilines is 2. The average molecular weight is 550 g/mol. The third-order valence-corrected chi connectivity index (χ3v) is 7.26. The van der Waals surface area contributed by atoms with Gasteiger partial charge < -0.3 is 10.2 Å². The number of halogens is 1. The van der Waals surface area contributed by atoms with Gasteiger partial charge in [-0.1, -0.05) is 94.7 Å². The van der Waals surface area contributed by atoms with Crippen molar-refractivity contribution in [2.75, 3.05) is 23.3 Å². The van der Waals surface area contributed by atoms with Crippen LogP contribution in [0.3, 0.4) is 0 Å². The molecule has 0 aliphatic heterocycles. The second-order valence-electron chi connectivity index (χ2n) is 9.96. The van der Waals surface area contributed by atoms with Crippen molar-refractivity contribution in [2.24, 2.45) is 0 Å². The zero-order chi connectivity index (χ0) is 28.0. The van der Waals surface area contributed by atoms with E-state index >= 15 is 0 Å². The molecule has 6 nitrogen and oxygen atoms in total. The highest BCUT2D eigenvalue weighted by molar-refractivity contribution is 6.34. The van der Waals surface area contributed by atoms with Crippen molar-refractivity contribution in [2.45, 2.75) is 71.6 Å². The minimum atomic E-state index is -0.549. The number of amides is 1. The van der Waals surface area contributed by atoms with Gasteiger partial charge in [0.15, 0.2) is 0 Å². The van der Waals surface area contributed by atoms with Crippen LogP contribution in [0.2, 0.25) is 5.02 Å². The van der Waals surface area contributed by atoms with E-state index in [1.807, 2.05) is 24.3 Å². The summed E-state index contributed by atoms with van der Waals surface area (Å²) >= 11 is 6.10. The van der Waals surface area contributed by atoms with Crippen molar-refractivity contribution < 1.29 is 9.72 Å².